The van der Waals surface area contributed by atoms with Gasteiger partial charge in [0, 0.05) is 51.7 Å². The Morgan fingerprint density at radius 2 is 1.62 bits per heavy atom. The van der Waals surface area contributed by atoms with Crippen molar-refractivity contribution in [2.75, 3.05) is 32.7 Å². The van der Waals surface area contributed by atoms with Crippen LogP contribution in [0.4, 0.5) is 0 Å². The molecule has 1 aliphatic carbocycles. The average Bonchev–Trinajstić information content (AvgIpc) is 2.65. The van der Waals surface area contributed by atoms with Gasteiger partial charge in [-0.25, -0.2) is 9.59 Å². The van der Waals surface area contributed by atoms with Gasteiger partial charge >= 0.3 is 11.9 Å². The maximum absolute atomic E-state index is 9.10. The molecule has 26 heavy (non-hydrogen) atoms. The highest BCUT2D eigenvalue weighted by atomic mass is 16.4. The Kier molecular flexibility index (Phi) is 8.24. The summed E-state index contributed by atoms with van der Waals surface area (Å²) in [6, 6.07) is 4.25. The fourth-order valence-electron chi connectivity index (χ4n) is 3.26. The number of hydrogen-bond donors (Lipinski definition) is 2. The quantitative estimate of drug-likeness (QED) is 0.623. The van der Waals surface area contributed by atoms with Crippen molar-refractivity contribution in [1.29, 1.82) is 0 Å². The maximum atomic E-state index is 9.10. The SMILES string of the molecule is C1=CCC(CN2CCN(Cc3ccncc3)CC2)CC1.O=C(O)C(=O)O. The molecule has 0 aromatic carbocycles. The first-order valence-corrected chi connectivity index (χ1v) is 8.99. The smallest absolute Gasteiger partial charge is 0.414 e. The topological polar surface area (TPSA) is 94.0 Å². The molecule has 142 valence electrons. The van der Waals surface area contributed by atoms with Crippen LogP contribution in [-0.2, 0) is 16.1 Å². The van der Waals surface area contributed by atoms with Crippen LogP contribution in [0.5, 0.6) is 0 Å². The first kappa shape index (κ1) is 20.1. The number of rotatable bonds is 4. The van der Waals surface area contributed by atoms with E-state index in [-0.39, 0.29) is 0 Å². The minimum atomic E-state index is -1.82. The molecule has 1 fully saturated rings. The summed E-state index contributed by atoms with van der Waals surface area (Å²) >= 11 is 0. The first-order valence-electron chi connectivity index (χ1n) is 8.99. The number of hydrogen-bond acceptors (Lipinski definition) is 5. The lowest BCUT2D eigenvalue weighted by Crippen LogP contribution is -2.47. The van der Waals surface area contributed by atoms with E-state index in [2.05, 4.69) is 39.1 Å². The van der Waals surface area contributed by atoms with Gasteiger partial charge in [0.15, 0.2) is 0 Å². The number of nitrogens with zero attached hydrogens (tertiary/aromatic N) is 3. The second kappa shape index (κ2) is 10.7. The van der Waals surface area contributed by atoms with E-state index < -0.39 is 11.9 Å². The Morgan fingerprint density at radius 3 is 2.15 bits per heavy atom. The van der Waals surface area contributed by atoms with E-state index >= 15 is 0 Å². The number of carboxylic acid groups (broad SMARTS) is 2. The molecule has 0 spiro atoms. The van der Waals surface area contributed by atoms with Crippen molar-refractivity contribution < 1.29 is 19.8 Å². The van der Waals surface area contributed by atoms with Gasteiger partial charge in [0.05, 0.1) is 0 Å². The van der Waals surface area contributed by atoms with E-state index in [1.807, 2.05) is 12.4 Å². The number of piperazine rings is 1. The molecule has 1 saturated heterocycles. The number of aromatic nitrogens is 1. The van der Waals surface area contributed by atoms with Crippen LogP contribution in [-0.4, -0.2) is 69.7 Å². The molecule has 2 N–H and O–H groups in total. The van der Waals surface area contributed by atoms with Gasteiger partial charge in [-0.3, -0.25) is 9.88 Å². The summed E-state index contributed by atoms with van der Waals surface area (Å²) in [5, 5.41) is 14.8. The summed E-state index contributed by atoms with van der Waals surface area (Å²) in [4.78, 5) is 27.5. The van der Waals surface area contributed by atoms with Crippen LogP contribution in [0.2, 0.25) is 0 Å². The lowest BCUT2D eigenvalue weighted by molar-refractivity contribution is -0.159. The first-order chi connectivity index (χ1) is 12.5. The molecule has 1 aromatic heterocycles. The maximum Gasteiger partial charge on any atom is 0.414 e. The molecule has 2 heterocycles. The van der Waals surface area contributed by atoms with Crippen LogP contribution in [0.15, 0.2) is 36.7 Å². The predicted molar refractivity (Wildman–Crippen MR) is 97.7 cm³/mol. The summed E-state index contributed by atoms with van der Waals surface area (Å²) < 4.78 is 0. The van der Waals surface area contributed by atoms with Crippen LogP contribution in [0.25, 0.3) is 0 Å². The van der Waals surface area contributed by atoms with Crippen LogP contribution in [0, 0.1) is 5.92 Å². The van der Waals surface area contributed by atoms with E-state index in [0.717, 1.165) is 12.5 Å². The van der Waals surface area contributed by atoms with Gasteiger partial charge in [-0.15, -0.1) is 0 Å². The van der Waals surface area contributed by atoms with E-state index in [9.17, 15) is 0 Å². The largest absolute Gasteiger partial charge is 0.473 e. The standard InChI is InChI=1S/C17H25N3.C2H2O4/c1-2-4-16(5-3-1)14-19-10-12-20(13-11-19)15-17-6-8-18-9-7-17;3-1(4)2(5)6/h1-2,6-9,16H,3-5,10-15H2;(H,3,4)(H,5,6). The number of aliphatic carboxylic acids is 2. The molecule has 1 aliphatic heterocycles. The van der Waals surface area contributed by atoms with Crippen molar-refractivity contribution >= 4 is 11.9 Å². The summed E-state index contributed by atoms with van der Waals surface area (Å²) in [5.74, 6) is -2.75. The lowest BCUT2D eigenvalue weighted by Gasteiger charge is -2.36. The minimum absolute atomic E-state index is 0.895. The third-order valence-electron chi connectivity index (χ3n) is 4.70. The van der Waals surface area contributed by atoms with Crippen molar-refractivity contribution in [1.82, 2.24) is 14.8 Å². The highest BCUT2D eigenvalue weighted by Gasteiger charge is 2.20. The van der Waals surface area contributed by atoms with Crippen molar-refractivity contribution in [3.8, 4) is 0 Å². The van der Waals surface area contributed by atoms with Crippen molar-refractivity contribution in [2.24, 2.45) is 5.92 Å². The van der Waals surface area contributed by atoms with Gasteiger partial charge in [-0.1, -0.05) is 12.2 Å². The Morgan fingerprint density at radius 1 is 1.00 bits per heavy atom. The Hall–Kier alpha value is -2.25. The second-order valence-electron chi connectivity index (χ2n) is 6.69. The molecule has 7 heteroatoms. The molecule has 0 radical (unpaired) electrons. The van der Waals surface area contributed by atoms with E-state index in [1.165, 1.54) is 57.5 Å². The van der Waals surface area contributed by atoms with Gasteiger partial charge in [0.25, 0.3) is 0 Å². The van der Waals surface area contributed by atoms with Gasteiger partial charge in [-0.2, -0.15) is 0 Å². The molecule has 7 nitrogen and oxygen atoms in total. The van der Waals surface area contributed by atoms with Crippen LogP contribution >= 0.6 is 0 Å². The normalized spacial score (nSPS) is 20.8. The van der Waals surface area contributed by atoms with Crippen molar-refractivity contribution in [2.45, 2.75) is 25.8 Å². The molecule has 0 saturated carbocycles. The molecule has 2 aliphatic rings. The molecular formula is C19H27N3O4. The zero-order valence-electron chi connectivity index (χ0n) is 15.0. The van der Waals surface area contributed by atoms with Gasteiger partial charge in [0.2, 0.25) is 0 Å². The van der Waals surface area contributed by atoms with Crippen LogP contribution in [0.1, 0.15) is 24.8 Å². The highest BCUT2D eigenvalue weighted by Crippen LogP contribution is 2.20. The van der Waals surface area contributed by atoms with Gasteiger partial charge in [-0.05, 0) is 42.9 Å². The lowest BCUT2D eigenvalue weighted by atomic mass is 9.94. The number of carbonyl (C=O) groups is 2. The summed E-state index contributed by atoms with van der Waals surface area (Å²) in [6.45, 7) is 7.22. The van der Waals surface area contributed by atoms with Gasteiger partial charge < -0.3 is 15.1 Å². The summed E-state index contributed by atoms with van der Waals surface area (Å²) in [7, 11) is 0. The van der Waals surface area contributed by atoms with Crippen LogP contribution < -0.4 is 0 Å². The summed E-state index contributed by atoms with van der Waals surface area (Å²) in [6.07, 6.45) is 12.4. The Labute approximate surface area is 153 Å². The van der Waals surface area contributed by atoms with Crippen molar-refractivity contribution in [3.63, 3.8) is 0 Å². The molecule has 0 bridgehead atoms. The highest BCUT2D eigenvalue weighted by molar-refractivity contribution is 6.27. The molecule has 1 aromatic rings. The number of allylic oxidation sites excluding steroid dienone is 2. The molecule has 0 amide bonds. The zero-order chi connectivity index (χ0) is 18.8. The van der Waals surface area contributed by atoms with Gasteiger partial charge in [0.1, 0.15) is 0 Å². The Bertz CT molecular complexity index is 586. The minimum Gasteiger partial charge on any atom is -0.473 e. The summed E-state index contributed by atoms with van der Waals surface area (Å²) in [5.41, 5.74) is 1.38. The fraction of sp³-hybridized carbons (Fsp3) is 0.526. The monoisotopic (exact) mass is 361 g/mol. The van der Waals surface area contributed by atoms with E-state index in [1.54, 1.807) is 0 Å². The predicted octanol–water partition coefficient (Wildman–Crippen LogP) is 1.71. The van der Waals surface area contributed by atoms with Crippen LogP contribution in [0.3, 0.4) is 0 Å². The molecule has 1 unspecified atom stereocenters. The van der Waals surface area contributed by atoms with Crippen molar-refractivity contribution in [3.05, 3.63) is 42.2 Å². The second-order valence-corrected chi connectivity index (χ2v) is 6.69. The fourth-order valence-corrected chi connectivity index (χ4v) is 3.26. The van der Waals surface area contributed by atoms with E-state index in [4.69, 9.17) is 19.8 Å². The number of carboxylic acids is 2. The third-order valence-corrected chi connectivity index (χ3v) is 4.70. The average molecular weight is 361 g/mol. The molecule has 1 atom stereocenters. The molecule has 3 rings (SSSR count). The Balaban J connectivity index is 0.000000352. The van der Waals surface area contributed by atoms with E-state index in [0.29, 0.717) is 0 Å². The number of pyridine rings is 1. The third kappa shape index (κ3) is 7.33. The zero-order valence-corrected chi connectivity index (χ0v) is 15.0. The molecular weight excluding hydrogens is 334 g/mol.